The molecule has 23 heteroatoms. The van der Waals surface area contributed by atoms with Gasteiger partial charge in [-0.05, 0) is 20.8 Å². The van der Waals surface area contributed by atoms with Crippen molar-refractivity contribution < 1.29 is 33.4 Å². The first-order valence-corrected chi connectivity index (χ1v) is 14.7. The van der Waals surface area contributed by atoms with Crippen molar-refractivity contribution in [3.63, 3.8) is 0 Å². The molecular weight excluding hydrogens is 648 g/mol. The van der Waals surface area contributed by atoms with E-state index in [1.54, 1.807) is 20.8 Å². The molecule has 0 bridgehead atoms. The Bertz CT molecular complexity index is 1750. The predicted octanol–water partition coefficient (Wildman–Crippen LogP) is -2.80. The van der Waals surface area contributed by atoms with Gasteiger partial charge in [0.25, 0.3) is 0 Å². The second kappa shape index (κ2) is 16.5. The molecule has 0 unspecified atom stereocenters. The number of esters is 1. The smallest absolute Gasteiger partial charge is 0.407 e. The molecule has 4 heterocycles. The maximum absolute atomic E-state index is 12.7. The van der Waals surface area contributed by atoms with E-state index in [4.69, 9.17) is 4.74 Å². The average Bonchev–Trinajstić information content (AvgIpc) is 3.86. The number of carbonyl (C=O) groups excluding carboxylic acids is 5. The number of hydrogen-bond donors (Lipinski definition) is 4. The summed E-state index contributed by atoms with van der Waals surface area (Å²) in [4.78, 5) is 61.3. The molecule has 0 radical (unpaired) electrons. The van der Waals surface area contributed by atoms with E-state index in [1.165, 1.54) is 50.6 Å². The van der Waals surface area contributed by atoms with Crippen LogP contribution in [-0.4, -0.2) is 102 Å². The van der Waals surface area contributed by atoms with Gasteiger partial charge in [-0.15, -0.1) is 20.4 Å². The summed E-state index contributed by atoms with van der Waals surface area (Å²) < 4.78 is 15.1. The van der Waals surface area contributed by atoms with Crippen LogP contribution in [0.2, 0.25) is 0 Å². The molecule has 262 valence electrons. The highest BCUT2D eigenvalue weighted by atomic mass is 16.6. The molecule has 4 amide bonds. The Hall–Kier alpha value is -6.29. The Morgan fingerprint density at radius 2 is 0.898 bits per heavy atom. The van der Waals surface area contributed by atoms with Crippen molar-refractivity contribution in [1.29, 1.82) is 0 Å². The Balaban J connectivity index is 1.20. The summed E-state index contributed by atoms with van der Waals surface area (Å²) in [6.45, 7) is 4.65. The average molecular weight is 685 g/mol. The van der Waals surface area contributed by atoms with E-state index < -0.39 is 35.4 Å². The van der Waals surface area contributed by atoms with Crippen LogP contribution in [0.25, 0.3) is 0 Å². The lowest BCUT2D eigenvalue weighted by molar-refractivity contribution is -0.141. The molecular formula is C26H36N16O7. The van der Waals surface area contributed by atoms with Gasteiger partial charge in [0.1, 0.15) is 31.8 Å². The molecule has 4 N–H and O–H groups in total. The highest BCUT2D eigenvalue weighted by Gasteiger charge is 2.18. The topological polar surface area (TPSA) is 275 Å². The molecule has 23 nitrogen and oxygen atoms in total. The second-order valence-corrected chi connectivity index (χ2v) is 11.3. The Kier molecular flexibility index (Phi) is 12.0. The first-order chi connectivity index (χ1) is 23.4. The van der Waals surface area contributed by atoms with Crippen LogP contribution in [-0.2, 0) is 81.0 Å². The molecule has 0 aliphatic heterocycles. The molecule has 4 aromatic heterocycles. The number of alkyl carbamates (subject to hydrolysis) is 1. The van der Waals surface area contributed by atoms with Gasteiger partial charge >= 0.3 is 12.1 Å². The summed E-state index contributed by atoms with van der Waals surface area (Å²) in [7, 11) is 1.25. The third-order valence-electron chi connectivity index (χ3n) is 6.39. The summed E-state index contributed by atoms with van der Waals surface area (Å²) in [6.07, 6.45) is 5.04. The van der Waals surface area contributed by atoms with Crippen LogP contribution in [0.1, 0.15) is 43.5 Å². The maximum atomic E-state index is 12.7. The van der Waals surface area contributed by atoms with Gasteiger partial charge in [-0.3, -0.25) is 19.2 Å². The molecule has 0 aliphatic rings. The van der Waals surface area contributed by atoms with Crippen molar-refractivity contribution in [1.82, 2.24) is 81.2 Å². The van der Waals surface area contributed by atoms with Crippen LogP contribution in [0, 0.1) is 0 Å². The zero-order valence-corrected chi connectivity index (χ0v) is 27.2. The van der Waals surface area contributed by atoms with Crippen molar-refractivity contribution in [2.45, 2.75) is 78.7 Å². The van der Waals surface area contributed by atoms with E-state index in [1.807, 2.05) is 0 Å². The number of aromatic nitrogens is 12. The maximum Gasteiger partial charge on any atom is 0.407 e. The van der Waals surface area contributed by atoms with E-state index in [9.17, 15) is 24.0 Å². The van der Waals surface area contributed by atoms with Crippen molar-refractivity contribution in [3.05, 3.63) is 47.6 Å². The molecule has 0 fully saturated rings. The number of ether oxygens (including phenoxy) is 2. The molecule has 0 saturated heterocycles. The predicted molar refractivity (Wildman–Crippen MR) is 161 cm³/mol. The third-order valence-corrected chi connectivity index (χ3v) is 6.39. The standard InChI is InChI=1S/C26H36N16O7/c1-26(2,3)49-25(47)30-8-20-12-33-37-41(20)15-23(45)28-6-18-10-31-35-39(18)13-21(43)27-5-17-9-32-36-40(17)14-22(44)29-7-19-11-34-38-42(19)16-24(46)48-4/h9-12H,5-8,13-16H2,1-4H3,(H,27,43)(H,28,45)(H,29,44)(H,30,47). The third kappa shape index (κ3) is 11.2. The molecule has 0 atom stereocenters. The van der Waals surface area contributed by atoms with Crippen LogP contribution in [0.15, 0.2) is 24.8 Å². The van der Waals surface area contributed by atoms with Crippen LogP contribution in [0.3, 0.4) is 0 Å². The minimum Gasteiger partial charge on any atom is -0.468 e. The van der Waals surface area contributed by atoms with Gasteiger partial charge in [-0.2, -0.15) is 0 Å². The van der Waals surface area contributed by atoms with Crippen molar-refractivity contribution >= 4 is 29.8 Å². The van der Waals surface area contributed by atoms with Crippen LogP contribution in [0.5, 0.6) is 0 Å². The van der Waals surface area contributed by atoms with Gasteiger partial charge < -0.3 is 30.7 Å². The van der Waals surface area contributed by atoms with Crippen molar-refractivity contribution in [2.75, 3.05) is 7.11 Å². The number of rotatable bonds is 16. The summed E-state index contributed by atoms with van der Waals surface area (Å²) in [6, 6.07) is 0. The van der Waals surface area contributed by atoms with Gasteiger partial charge in [0.15, 0.2) is 0 Å². The fourth-order valence-electron chi connectivity index (χ4n) is 4.00. The van der Waals surface area contributed by atoms with E-state index in [-0.39, 0.29) is 52.4 Å². The Morgan fingerprint density at radius 3 is 1.22 bits per heavy atom. The molecule has 4 aromatic rings. The van der Waals surface area contributed by atoms with Crippen molar-refractivity contribution in [2.24, 2.45) is 0 Å². The van der Waals surface area contributed by atoms with E-state index in [2.05, 4.69) is 67.3 Å². The highest BCUT2D eigenvalue weighted by molar-refractivity contribution is 5.77. The molecule has 0 spiro atoms. The first-order valence-electron chi connectivity index (χ1n) is 14.7. The number of carbonyl (C=O) groups is 5. The summed E-state index contributed by atoms with van der Waals surface area (Å²) in [5.74, 6) is -1.75. The summed E-state index contributed by atoms with van der Waals surface area (Å²) in [5, 5.41) is 41.4. The van der Waals surface area contributed by atoms with Crippen LogP contribution in [0.4, 0.5) is 4.79 Å². The lowest BCUT2D eigenvalue weighted by atomic mass is 10.2. The first kappa shape index (κ1) is 35.6. The van der Waals surface area contributed by atoms with Gasteiger partial charge in [-0.25, -0.2) is 23.5 Å². The van der Waals surface area contributed by atoms with Gasteiger partial charge in [0.2, 0.25) is 17.7 Å². The second-order valence-electron chi connectivity index (χ2n) is 11.3. The monoisotopic (exact) mass is 684 g/mol. The normalized spacial score (nSPS) is 11.1. The molecule has 4 rings (SSSR count). The Morgan fingerprint density at radius 1 is 0.571 bits per heavy atom. The molecule has 0 aromatic carbocycles. The SMILES string of the molecule is COC(=O)Cn1nncc1CNC(=O)Cn1nncc1CNC(=O)Cn1nncc1CNC(=O)Cn1nncc1CNC(=O)OC(C)(C)C. The highest BCUT2D eigenvalue weighted by Crippen LogP contribution is 2.07. The minimum atomic E-state index is -0.659. The van der Waals surface area contributed by atoms with E-state index in [0.717, 1.165) is 0 Å². The summed E-state index contributed by atoms with van der Waals surface area (Å²) >= 11 is 0. The van der Waals surface area contributed by atoms with Gasteiger partial charge in [0.05, 0.1) is 80.9 Å². The fourth-order valence-corrected chi connectivity index (χ4v) is 4.00. The van der Waals surface area contributed by atoms with Crippen molar-refractivity contribution in [3.8, 4) is 0 Å². The van der Waals surface area contributed by atoms with E-state index >= 15 is 0 Å². The number of nitrogens with zero attached hydrogens (tertiary/aromatic N) is 12. The van der Waals surface area contributed by atoms with Gasteiger partial charge in [-0.1, -0.05) is 20.9 Å². The van der Waals surface area contributed by atoms with Crippen LogP contribution >= 0.6 is 0 Å². The quantitative estimate of drug-likeness (QED) is 0.0868. The number of methoxy groups -OCH3 is 1. The molecule has 0 aliphatic carbocycles. The summed E-state index contributed by atoms with van der Waals surface area (Å²) in [5.41, 5.74) is 1.24. The Labute approximate surface area is 278 Å². The van der Waals surface area contributed by atoms with Crippen LogP contribution < -0.4 is 21.3 Å². The number of nitrogens with one attached hydrogen (secondary N) is 4. The van der Waals surface area contributed by atoms with E-state index in [0.29, 0.717) is 22.8 Å². The molecule has 49 heavy (non-hydrogen) atoms. The zero-order valence-electron chi connectivity index (χ0n) is 27.2. The fraction of sp³-hybridized carbons (Fsp3) is 0.500. The minimum absolute atomic E-state index is 0.0126. The van der Waals surface area contributed by atoms with Gasteiger partial charge in [0, 0.05) is 0 Å². The number of amides is 4. The lowest BCUT2D eigenvalue weighted by Crippen LogP contribution is -2.34. The molecule has 0 saturated carbocycles. The number of hydrogen-bond acceptors (Lipinski definition) is 15. The lowest BCUT2D eigenvalue weighted by Gasteiger charge is -2.19. The zero-order chi connectivity index (χ0) is 35.4. The largest absolute Gasteiger partial charge is 0.468 e.